The average molecular weight is 191 g/mol. The van der Waals surface area contributed by atoms with Gasteiger partial charge in [-0.25, -0.2) is 0 Å². The molecule has 0 aliphatic heterocycles. The molecule has 2 nitrogen and oxygen atoms in total. The van der Waals surface area contributed by atoms with Crippen molar-refractivity contribution in [2.75, 3.05) is 5.73 Å². The third-order valence-corrected chi connectivity index (χ3v) is 2.23. The van der Waals surface area contributed by atoms with E-state index in [4.69, 9.17) is 5.73 Å². The van der Waals surface area contributed by atoms with Crippen LogP contribution in [0.15, 0.2) is 24.8 Å². The molecule has 1 rings (SSSR count). The van der Waals surface area contributed by atoms with E-state index < -0.39 is 0 Å². The van der Waals surface area contributed by atoms with Crippen LogP contribution in [0, 0.1) is 0 Å². The van der Waals surface area contributed by atoms with E-state index in [1.807, 2.05) is 0 Å². The van der Waals surface area contributed by atoms with Gasteiger partial charge in [-0.05, 0) is 36.6 Å². The molecule has 76 valence electrons. The minimum atomic E-state index is 0.264. The highest BCUT2D eigenvalue weighted by Crippen LogP contribution is 2.28. The van der Waals surface area contributed by atoms with Gasteiger partial charge in [0.1, 0.15) is 5.75 Å². The predicted molar refractivity (Wildman–Crippen MR) is 61.1 cm³/mol. The number of benzene rings is 1. The van der Waals surface area contributed by atoms with Crippen LogP contribution in [0.4, 0.5) is 5.69 Å². The lowest BCUT2D eigenvalue weighted by molar-refractivity contribution is 0.473. The van der Waals surface area contributed by atoms with Crippen molar-refractivity contribution in [3.05, 3.63) is 30.3 Å². The van der Waals surface area contributed by atoms with Gasteiger partial charge in [0.2, 0.25) is 0 Å². The van der Waals surface area contributed by atoms with Crippen LogP contribution in [0.25, 0.3) is 5.57 Å². The van der Waals surface area contributed by atoms with Crippen LogP contribution in [0.3, 0.4) is 0 Å². The van der Waals surface area contributed by atoms with E-state index in [0.717, 1.165) is 30.4 Å². The van der Waals surface area contributed by atoms with Crippen LogP contribution in [0.5, 0.6) is 5.75 Å². The summed E-state index contributed by atoms with van der Waals surface area (Å²) in [4.78, 5) is 0. The fourth-order valence-electron chi connectivity index (χ4n) is 1.36. The topological polar surface area (TPSA) is 46.2 Å². The number of anilines is 1. The highest BCUT2D eigenvalue weighted by molar-refractivity contribution is 5.71. The zero-order chi connectivity index (χ0) is 10.6. The Labute approximate surface area is 85.1 Å². The smallest absolute Gasteiger partial charge is 0.123 e. The summed E-state index contributed by atoms with van der Waals surface area (Å²) in [5.74, 6) is 0.264. The van der Waals surface area contributed by atoms with Crippen LogP contribution in [-0.2, 0) is 0 Å². The highest BCUT2D eigenvalue weighted by Gasteiger charge is 2.04. The Hall–Kier alpha value is -1.44. The van der Waals surface area contributed by atoms with E-state index in [-0.39, 0.29) is 5.75 Å². The van der Waals surface area contributed by atoms with Crippen molar-refractivity contribution >= 4 is 11.3 Å². The van der Waals surface area contributed by atoms with E-state index in [2.05, 4.69) is 13.5 Å². The van der Waals surface area contributed by atoms with Crippen molar-refractivity contribution in [1.29, 1.82) is 0 Å². The summed E-state index contributed by atoms with van der Waals surface area (Å²) in [5, 5.41) is 9.59. The molecule has 0 saturated heterocycles. The number of nitrogens with two attached hydrogens (primary N) is 1. The van der Waals surface area contributed by atoms with Gasteiger partial charge in [-0.2, -0.15) is 0 Å². The maximum atomic E-state index is 9.59. The maximum absolute atomic E-state index is 9.59. The van der Waals surface area contributed by atoms with Gasteiger partial charge in [-0.1, -0.05) is 19.9 Å². The van der Waals surface area contributed by atoms with Crippen molar-refractivity contribution in [3.63, 3.8) is 0 Å². The molecule has 0 aliphatic carbocycles. The van der Waals surface area contributed by atoms with Crippen LogP contribution >= 0.6 is 0 Å². The highest BCUT2D eigenvalue weighted by atomic mass is 16.3. The Morgan fingerprint density at radius 3 is 2.86 bits per heavy atom. The summed E-state index contributed by atoms with van der Waals surface area (Å²) in [6, 6.07) is 5.07. The van der Waals surface area contributed by atoms with E-state index in [0.29, 0.717) is 5.69 Å². The van der Waals surface area contributed by atoms with Crippen LogP contribution in [0.2, 0.25) is 0 Å². The number of phenols is 1. The normalized spacial score (nSPS) is 10.1. The number of rotatable bonds is 4. The average Bonchev–Trinajstić information content (AvgIpc) is 2.18. The third kappa shape index (κ3) is 2.52. The van der Waals surface area contributed by atoms with Gasteiger partial charge >= 0.3 is 0 Å². The standard InChI is InChI=1S/C12H17NO/c1-3-4-5-9(2)11-8-10(13)6-7-12(11)14/h6-8,14H,2-5,13H2,1H3. The molecule has 14 heavy (non-hydrogen) atoms. The van der Waals surface area contributed by atoms with Crippen molar-refractivity contribution in [1.82, 2.24) is 0 Å². The van der Waals surface area contributed by atoms with Gasteiger partial charge in [0.15, 0.2) is 0 Å². The number of unbranched alkanes of at least 4 members (excludes halogenated alkanes) is 1. The second kappa shape index (κ2) is 4.70. The lowest BCUT2D eigenvalue weighted by Crippen LogP contribution is -1.89. The van der Waals surface area contributed by atoms with Crippen molar-refractivity contribution in [3.8, 4) is 5.75 Å². The van der Waals surface area contributed by atoms with Gasteiger partial charge in [0, 0.05) is 11.3 Å². The maximum Gasteiger partial charge on any atom is 0.123 e. The molecule has 0 amide bonds. The summed E-state index contributed by atoms with van der Waals surface area (Å²) in [5.41, 5.74) is 8.04. The Balaban J connectivity index is 2.83. The molecule has 0 radical (unpaired) electrons. The van der Waals surface area contributed by atoms with Crippen LogP contribution < -0.4 is 5.73 Å². The fourth-order valence-corrected chi connectivity index (χ4v) is 1.36. The number of allylic oxidation sites excluding steroid dienone is 1. The second-order valence-electron chi connectivity index (χ2n) is 3.48. The first-order valence-electron chi connectivity index (χ1n) is 4.91. The largest absolute Gasteiger partial charge is 0.507 e. The molecule has 3 N–H and O–H groups in total. The Kier molecular flexibility index (Phi) is 3.57. The first kappa shape index (κ1) is 10.6. The molecule has 0 fully saturated rings. The molecular formula is C12H17NO. The number of phenolic OH excluding ortho intramolecular Hbond substituents is 1. The molecule has 0 atom stereocenters. The molecule has 0 aromatic heterocycles. The summed E-state index contributed by atoms with van der Waals surface area (Å²) in [6.45, 7) is 6.08. The summed E-state index contributed by atoms with van der Waals surface area (Å²) >= 11 is 0. The Morgan fingerprint density at radius 1 is 1.50 bits per heavy atom. The zero-order valence-corrected chi connectivity index (χ0v) is 8.59. The molecule has 0 aliphatic rings. The van der Waals surface area contributed by atoms with Gasteiger partial charge in [-0.15, -0.1) is 0 Å². The molecule has 0 heterocycles. The molecule has 0 unspecified atom stereocenters. The SMILES string of the molecule is C=C(CCCC)c1cc(N)ccc1O. The minimum Gasteiger partial charge on any atom is -0.507 e. The molecule has 0 bridgehead atoms. The third-order valence-electron chi connectivity index (χ3n) is 2.23. The number of nitrogen functional groups attached to an aromatic ring is 1. The zero-order valence-electron chi connectivity index (χ0n) is 8.59. The summed E-state index contributed by atoms with van der Waals surface area (Å²) in [6.07, 6.45) is 3.13. The van der Waals surface area contributed by atoms with Crippen LogP contribution in [-0.4, -0.2) is 5.11 Å². The minimum absolute atomic E-state index is 0.264. The van der Waals surface area contributed by atoms with Crippen LogP contribution in [0.1, 0.15) is 31.7 Å². The van der Waals surface area contributed by atoms with Gasteiger partial charge < -0.3 is 10.8 Å². The van der Waals surface area contributed by atoms with Crippen molar-refractivity contribution in [2.24, 2.45) is 0 Å². The second-order valence-corrected chi connectivity index (χ2v) is 3.48. The van der Waals surface area contributed by atoms with E-state index in [1.54, 1.807) is 18.2 Å². The monoisotopic (exact) mass is 191 g/mol. The number of aromatic hydroxyl groups is 1. The molecule has 1 aromatic rings. The van der Waals surface area contributed by atoms with Crippen molar-refractivity contribution < 1.29 is 5.11 Å². The molecule has 0 spiro atoms. The van der Waals surface area contributed by atoms with E-state index in [1.165, 1.54) is 0 Å². The van der Waals surface area contributed by atoms with Gasteiger partial charge in [0.05, 0.1) is 0 Å². The van der Waals surface area contributed by atoms with Crippen molar-refractivity contribution in [2.45, 2.75) is 26.2 Å². The summed E-state index contributed by atoms with van der Waals surface area (Å²) < 4.78 is 0. The van der Waals surface area contributed by atoms with Gasteiger partial charge in [-0.3, -0.25) is 0 Å². The summed E-state index contributed by atoms with van der Waals surface area (Å²) in [7, 11) is 0. The molecule has 1 aromatic carbocycles. The van der Waals surface area contributed by atoms with E-state index in [9.17, 15) is 5.11 Å². The van der Waals surface area contributed by atoms with E-state index >= 15 is 0 Å². The number of hydrogen-bond donors (Lipinski definition) is 2. The molecule has 0 saturated carbocycles. The lowest BCUT2D eigenvalue weighted by Gasteiger charge is -2.08. The Morgan fingerprint density at radius 2 is 2.21 bits per heavy atom. The Bertz CT molecular complexity index is 331. The van der Waals surface area contributed by atoms with Gasteiger partial charge in [0.25, 0.3) is 0 Å². The fraction of sp³-hybridized carbons (Fsp3) is 0.333. The quantitative estimate of drug-likeness (QED) is 0.567. The lowest BCUT2D eigenvalue weighted by atomic mass is 10.0. The predicted octanol–water partition coefficient (Wildman–Crippen LogP) is 3.18. The number of hydrogen-bond acceptors (Lipinski definition) is 2. The molecular weight excluding hydrogens is 174 g/mol. The first-order chi connectivity index (χ1) is 6.65. The first-order valence-corrected chi connectivity index (χ1v) is 4.91. The molecule has 2 heteroatoms.